The van der Waals surface area contributed by atoms with Crippen molar-refractivity contribution in [2.24, 2.45) is 9.98 Å². The van der Waals surface area contributed by atoms with E-state index in [1.165, 1.54) is 4.90 Å². The highest BCUT2D eigenvalue weighted by molar-refractivity contribution is 6.49. The normalized spacial score (nSPS) is 21.4. The largest absolute Gasteiger partial charge is 0.296 e. The maximum absolute atomic E-state index is 13.1. The van der Waals surface area contributed by atoms with Gasteiger partial charge in [-0.3, -0.25) is 14.7 Å². The molecule has 0 radical (unpaired) electrons. The summed E-state index contributed by atoms with van der Waals surface area (Å²) in [6.45, 7) is 7.28. The average molecular weight is 315 g/mol. The van der Waals surface area contributed by atoms with E-state index >= 15 is 0 Å². The van der Waals surface area contributed by atoms with Gasteiger partial charge in [-0.05, 0) is 51.3 Å². The fraction of sp³-hybridized carbons (Fsp3) is 0.389. The monoisotopic (exact) mass is 315 g/mol. The summed E-state index contributed by atoms with van der Waals surface area (Å²) in [6.07, 6.45) is 10.5. The van der Waals surface area contributed by atoms with E-state index in [-0.39, 0.29) is 11.7 Å². The summed E-state index contributed by atoms with van der Waals surface area (Å²) in [4.78, 5) is 22.3. The molecule has 0 aromatic heterocycles. The summed E-state index contributed by atoms with van der Waals surface area (Å²) in [7, 11) is 1.68. The van der Waals surface area contributed by atoms with Gasteiger partial charge in [0.25, 0.3) is 5.91 Å². The molecule has 1 amide bonds. The number of amidine groups is 1. The molecule has 0 unspecified atom stereocenters. The molecule has 122 valence electrons. The fourth-order valence-corrected chi connectivity index (χ4v) is 2.54. The highest BCUT2D eigenvalue weighted by Crippen LogP contribution is 2.22. The Morgan fingerprint density at radius 3 is 2.87 bits per heavy atom. The summed E-state index contributed by atoms with van der Waals surface area (Å²) in [5, 5.41) is 0. The Labute approximate surface area is 136 Å². The molecule has 1 aliphatic carbocycles. The zero-order valence-electron chi connectivity index (χ0n) is 13.8. The smallest absolute Gasteiger partial charge is 0.255 e. The third-order valence-corrected chi connectivity index (χ3v) is 3.80. The van der Waals surface area contributed by atoms with E-state index in [1.807, 2.05) is 6.08 Å². The second-order valence-electron chi connectivity index (χ2n) is 6.10. The van der Waals surface area contributed by atoms with Crippen LogP contribution >= 0.6 is 0 Å². The van der Waals surface area contributed by atoms with E-state index in [4.69, 9.17) is 0 Å². The first kappa shape index (κ1) is 17.1. The molecule has 0 fully saturated rings. The van der Waals surface area contributed by atoms with Crippen LogP contribution in [0.4, 0.5) is 4.39 Å². The molecule has 5 heteroatoms. The first-order valence-electron chi connectivity index (χ1n) is 7.64. The molecule has 0 N–H and O–H groups in total. The lowest BCUT2D eigenvalue weighted by atomic mass is 10.0. The Bertz CT molecular complexity index is 666. The molecule has 0 aromatic carbocycles. The quantitative estimate of drug-likeness (QED) is 0.713. The maximum Gasteiger partial charge on any atom is 0.255 e. The molecule has 2 aliphatic rings. The Morgan fingerprint density at radius 2 is 2.30 bits per heavy atom. The number of halogens is 1. The van der Waals surface area contributed by atoms with Gasteiger partial charge in [-0.2, -0.15) is 0 Å². The number of aliphatic imine (C=N–C) groups is 2. The lowest BCUT2D eigenvalue weighted by Gasteiger charge is -2.14. The second-order valence-corrected chi connectivity index (χ2v) is 6.10. The number of carbonyl (C=O) groups is 1. The van der Waals surface area contributed by atoms with Gasteiger partial charge in [-0.15, -0.1) is 0 Å². The van der Waals surface area contributed by atoms with Gasteiger partial charge in [-0.1, -0.05) is 18.2 Å². The van der Waals surface area contributed by atoms with Gasteiger partial charge in [0, 0.05) is 13.2 Å². The van der Waals surface area contributed by atoms with Crippen LogP contribution in [0.25, 0.3) is 0 Å². The lowest BCUT2D eigenvalue weighted by Crippen LogP contribution is -2.38. The number of hydrogen-bond acceptors (Lipinski definition) is 3. The standard InChI is InChI=1S/C18H22FN3O/c1-5-15(16-21-18(2,3)17(23)22(16)4)20-11-7-9-13-8-6-10-14(19)12-13/h5,7,10-12H,1,6,8-9H2,2-4H3/b11-7+,20-15?. The number of rotatable bonds is 5. The van der Waals surface area contributed by atoms with Crippen molar-refractivity contribution in [2.75, 3.05) is 7.05 Å². The highest BCUT2D eigenvalue weighted by atomic mass is 19.1. The molecule has 23 heavy (non-hydrogen) atoms. The predicted octanol–water partition coefficient (Wildman–Crippen LogP) is 3.74. The Hall–Kier alpha value is -2.30. The zero-order valence-corrected chi connectivity index (χ0v) is 13.8. The van der Waals surface area contributed by atoms with Crippen molar-refractivity contribution in [3.63, 3.8) is 0 Å². The van der Waals surface area contributed by atoms with Crippen molar-refractivity contribution in [1.82, 2.24) is 4.90 Å². The van der Waals surface area contributed by atoms with E-state index < -0.39 is 5.54 Å². The van der Waals surface area contributed by atoms with Crippen LogP contribution in [0.1, 0.15) is 33.1 Å². The van der Waals surface area contributed by atoms with Crippen LogP contribution in [-0.4, -0.2) is 34.9 Å². The van der Waals surface area contributed by atoms with Crippen LogP contribution in [0.15, 0.2) is 58.5 Å². The van der Waals surface area contributed by atoms with E-state index in [9.17, 15) is 9.18 Å². The predicted molar refractivity (Wildman–Crippen MR) is 92.2 cm³/mol. The molecule has 0 bridgehead atoms. The van der Waals surface area contributed by atoms with Crippen molar-refractivity contribution in [1.29, 1.82) is 0 Å². The van der Waals surface area contributed by atoms with Gasteiger partial charge in [0.05, 0.1) is 0 Å². The lowest BCUT2D eigenvalue weighted by molar-refractivity contribution is -0.129. The molecule has 1 heterocycles. The average Bonchev–Trinajstić information content (AvgIpc) is 2.71. The van der Waals surface area contributed by atoms with Crippen molar-refractivity contribution in [2.45, 2.75) is 38.6 Å². The van der Waals surface area contributed by atoms with Gasteiger partial charge in [0.15, 0.2) is 5.84 Å². The van der Waals surface area contributed by atoms with Crippen LogP contribution in [0.2, 0.25) is 0 Å². The summed E-state index contributed by atoms with van der Waals surface area (Å²) >= 11 is 0. The number of amides is 1. The molecule has 1 aliphatic heterocycles. The molecule has 2 rings (SSSR count). The van der Waals surface area contributed by atoms with E-state index in [0.29, 0.717) is 18.0 Å². The maximum atomic E-state index is 13.1. The molecule has 0 spiro atoms. The minimum absolute atomic E-state index is 0.0688. The van der Waals surface area contributed by atoms with E-state index in [0.717, 1.165) is 18.4 Å². The third-order valence-electron chi connectivity index (χ3n) is 3.80. The molecule has 0 aromatic rings. The Morgan fingerprint density at radius 1 is 1.57 bits per heavy atom. The summed E-state index contributed by atoms with van der Waals surface area (Å²) < 4.78 is 13.1. The molecule has 0 saturated carbocycles. The zero-order chi connectivity index (χ0) is 17.0. The van der Waals surface area contributed by atoms with Crippen LogP contribution in [0.5, 0.6) is 0 Å². The number of hydrogen-bond donors (Lipinski definition) is 0. The number of carbonyl (C=O) groups excluding carboxylic acids is 1. The van der Waals surface area contributed by atoms with Gasteiger partial charge in [-0.25, -0.2) is 9.38 Å². The fourth-order valence-electron chi connectivity index (χ4n) is 2.54. The SMILES string of the molecule is C=CC(=N/C=C/CC1=CC(F)=CCC1)C1=NC(C)(C)C(=O)N1C. The van der Waals surface area contributed by atoms with Crippen LogP contribution in [0, 0.1) is 0 Å². The summed E-state index contributed by atoms with van der Waals surface area (Å²) in [6, 6.07) is 0. The van der Waals surface area contributed by atoms with Gasteiger partial charge in [0.1, 0.15) is 17.1 Å². The first-order valence-corrected chi connectivity index (χ1v) is 7.64. The molecular weight excluding hydrogens is 293 g/mol. The summed E-state index contributed by atoms with van der Waals surface area (Å²) in [5.41, 5.74) is 0.823. The van der Waals surface area contributed by atoms with E-state index in [1.54, 1.807) is 45.3 Å². The Balaban J connectivity index is 2.08. The number of likely N-dealkylation sites (N-methyl/N-ethyl adjacent to an activating group) is 1. The van der Waals surface area contributed by atoms with Crippen molar-refractivity contribution >= 4 is 17.5 Å². The van der Waals surface area contributed by atoms with Crippen LogP contribution in [-0.2, 0) is 4.79 Å². The van der Waals surface area contributed by atoms with Crippen molar-refractivity contribution < 1.29 is 9.18 Å². The molecule has 0 saturated heterocycles. The van der Waals surface area contributed by atoms with Crippen molar-refractivity contribution in [3.05, 3.63) is 48.5 Å². The summed E-state index contributed by atoms with van der Waals surface area (Å²) in [5.74, 6) is 0.281. The second kappa shape index (κ2) is 6.86. The minimum atomic E-state index is -0.769. The van der Waals surface area contributed by atoms with Gasteiger partial charge < -0.3 is 0 Å². The van der Waals surface area contributed by atoms with Gasteiger partial charge in [0.2, 0.25) is 0 Å². The first-order chi connectivity index (χ1) is 10.8. The van der Waals surface area contributed by atoms with Crippen LogP contribution < -0.4 is 0 Å². The molecule has 0 atom stereocenters. The third kappa shape index (κ3) is 3.92. The van der Waals surface area contributed by atoms with Crippen molar-refractivity contribution in [3.8, 4) is 0 Å². The highest BCUT2D eigenvalue weighted by Gasteiger charge is 2.39. The number of nitrogens with zero attached hydrogens (tertiary/aromatic N) is 3. The Kier molecular flexibility index (Phi) is 5.08. The molecule has 4 nitrogen and oxygen atoms in total. The van der Waals surface area contributed by atoms with Crippen LogP contribution in [0.3, 0.4) is 0 Å². The minimum Gasteiger partial charge on any atom is -0.296 e. The van der Waals surface area contributed by atoms with Gasteiger partial charge >= 0.3 is 0 Å². The molecular formula is C18H22FN3O. The topological polar surface area (TPSA) is 45.0 Å². The van der Waals surface area contributed by atoms with E-state index in [2.05, 4.69) is 16.6 Å². The number of allylic oxidation sites excluding steroid dienone is 5.